The average molecular weight is 265 g/mol. The molecule has 19 heavy (non-hydrogen) atoms. The number of carbonyl (C=O) groups is 1. The fourth-order valence-electron chi connectivity index (χ4n) is 3.02. The smallest absolute Gasteiger partial charge is 0.360 e. The molecule has 5 heteroatoms. The highest BCUT2D eigenvalue weighted by atomic mass is 16.5. The standard InChI is InChI=1S/C14H23N3O2/c1-8-5-6-11(7-9(8)2)17-10(3)16-12(13(17)15)14(18)19-4/h8-9,11H,5-7,15H2,1-4H3. The van der Waals surface area contributed by atoms with Crippen LogP contribution in [0, 0.1) is 18.8 Å². The third-order valence-electron chi connectivity index (χ3n) is 4.44. The second-order valence-electron chi connectivity index (χ2n) is 5.68. The van der Waals surface area contributed by atoms with Crippen molar-refractivity contribution in [2.24, 2.45) is 11.8 Å². The van der Waals surface area contributed by atoms with E-state index >= 15 is 0 Å². The van der Waals surface area contributed by atoms with Gasteiger partial charge in [-0.2, -0.15) is 0 Å². The first kappa shape index (κ1) is 13.9. The number of nitrogens with two attached hydrogens (primary N) is 1. The number of carbonyl (C=O) groups excluding carboxylic acids is 1. The van der Waals surface area contributed by atoms with E-state index in [9.17, 15) is 4.79 Å². The predicted molar refractivity (Wildman–Crippen MR) is 73.9 cm³/mol. The molecule has 0 aromatic carbocycles. The minimum absolute atomic E-state index is 0.242. The van der Waals surface area contributed by atoms with E-state index in [1.165, 1.54) is 13.5 Å². The van der Waals surface area contributed by atoms with Crippen molar-refractivity contribution in [3.63, 3.8) is 0 Å². The molecule has 1 aromatic rings. The summed E-state index contributed by atoms with van der Waals surface area (Å²) in [5, 5.41) is 0. The van der Waals surface area contributed by atoms with Crippen LogP contribution in [0.3, 0.4) is 0 Å². The molecule has 1 saturated carbocycles. The maximum Gasteiger partial charge on any atom is 0.360 e. The van der Waals surface area contributed by atoms with Gasteiger partial charge < -0.3 is 15.0 Å². The van der Waals surface area contributed by atoms with Gasteiger partial charge in [0.15, 0.2) is 5.69 Å². The number of aryl methyl sites for hydroxylation is 1. The summed E-state index contributed by atoms with van der Waals surface area (Å²) in [7, 11) is 1.35. The molecule has 1 aromatic heterocycles. The minimum Gasteiger partial charge on any atom is -0.464 e. The first-order valence-electron chi connectivity index (χ1n) is 6.88. The molecule has 3 atom stereocenters. The van der Waals surface area contributed by atoms with E-state index in [2.05, 4.69) is 18.8 Å². The summed E-state index contributed by atoms with van der Waals surface area (Å²) in [5.74, 6) is 2.19. The van der Waals surface area contributed by atoms with Crippen molar-refractivity contribution in [2.75, 3.05) is 12.8 Å². The van der Waals surface area contributed by atoms with Crippen molar-refractivity contribution in [2.45, 2.75) is 46.1 Å². The van der Waals surface area contributed by atoms with Crippen LogP contribution < -0.4 is 5.73 Å². The summed E-state index contributed by atoms with van der Waals surface area (Å²) < 4.78 is 6.72. The number of rotatable bonds is 2. The van der Waals surface area contributed by atoms with Crippen LogP contribution in [0.15, 0.2) is 0 Å². The normalized spacial score (nSPS) is 27.3. The van der Waals surface area contributed by atoms with Gasteiger partial charge in [0.2, 0.25) is 0 Å². The summed E-state index contributed by atoms with van der Waals surface area (Å²) in [4.78, 5) is 15.9. The number of imidazole rings is 1. The van der Waals surface area contributed by atoms with E-state index in [0.717, 1.165) is 24.6 Å². The summed E-state index contributed by atoms with van der Waals surface area (Å²) in [5.41, 5.74) is 6.33. The third kappa shape index (κ3) is 2.46. The molecule has 1 aliphatic rings. The Morgan fingerprint density at radius 1 is 1.37 bits per heavy atom. The lowest BCUT2D eigenvalue weighted by atomic mass is 9.79. The number of methoxy groups -OCH3 is 1. The monoisotopic (exact) mass is 265 g/mol. The number of aromatic nitrogens is 2. The van der Waals surface area contributed by atoms with Crippen LogP contribution in [-0.2, 0) is 4.74 Å². The summed E-state index contributed by atoms with van der Waals surface area (Å²) in [6, 6.07) is 0.345. The lowest BCUT2D eigenvalue weighted by Gasteiger charge is -2.33. The lowest BCUT2D eigenvalue weighted by Crippen LogP contribution is -2.25. The molecule has 0 spiro atoms. The number of anilines is 1. The molecule has 2 rings (SSSR count). The van der Waals surface area contributed by atoms with Gasteiger partial charge >= 0.3 is 5.97 Å². The topological polar surface area (TPSA) is 70.1 Å². The van der Waals surface area contributed by atoms with Crippen molar-refractivity contribution in [3.05, 3.63) is 11.5 Å². The Bertz CT molecular complexity index is 481. The van der Waals surface area contributed by atoms with E-state index in [0.29, 0.717) is 17.8 Å². The van der Waals surface area contributed by atoms with Crippen LogP contribution in [0.25, 0.3) is 0 Å². The number of ether oxygens (including phenoxy) is 1. The van der Waals surface area contributed by atoms with Gasteiger partial charge in [-0.15, -0.1) is 0 Å². The van der Waals surface area contributed by atoms with E-state index < -0.39 is 5.97 Å². The van der Waals surface area contributed by atoms with Crippen LogP contribution in [0.5, 0.6) is 0 Å². The molecule has 3 unspecified atom stereocenters. The first-order valence-corrected chi connectivity index (χ1v) is 6.88. The molecule has 1 fully saturated rings. The van der Waals surface area contributed by atoms with Crippen molar-refractivity contribution in [1.82, 2.24) is 9.55 Å². The van der Waals surface area contributed by atoms with Gasteiger partial charge in [0, 0.05) is 6.04 Å². The molecule has 1 aliphatic carbocycles. The van der Waals surface area contributed by atoms with Crippen molar-refractivity contribution >= 4 is 11.8 Å². The molecular weight excluding hydrogens is 242 g/mol. The Morgan fingerprint density at radius 2 is 2.05 bits per heavy atom. The van der Waals surface area contributed by atoms with Gasteiger partial charge in [-0.25, -0.2) is 9.78 Å². The summed E-state index contributed by atoms with van der Waals surface area (Å²) >= 11 is 0. The quantitative estimate of drug-likeness (QED) is 0.834. The maximum atomic E-state index is 11.6. The fourth-order valence-corrected chi connectivity index (χ4v) is 3.02. The fraction of sp³-hybridized carbons (Fsp3) is 0.714. The zero-order chi connectivity index (χ0) is 14.2. The van der Waals surface area contributed by atoms with Gasteiger partial charge in [-0.05, 0) is 38.0 Å². The molecule has 0 aliphatic heterocycles. The van der Waals surface area contributed by atoms with Crippen LogP contribution in [-0.4, -0.2) is 22.6 Å². The second-order valence-corrected chi connectivity index (χ2v) is 5.68. The van der Waals surface area contributed by atoms with Crippen LogP contribution in [0.1, 0.15) is 55.5 Å². The Kier molecular flexibility index (Phi) is 3.83. The zero-order valence-corrected chi connectivity index (χ0v) is 12.1. The van der Waals surface area contributed by atoms with Crippen molar-refractivity contribution < 1.29 is 9.53 Å². The largest absolute Gasteiger partial charge is 0.464 e. The van der Waals surface area contributed by atoms with Gasteiger partial charge in [0.05, 0.1) is 7.11 Å². The van der Waals surface area contributed by atoms with E-state index in [1.54, 1.807) is 0 Å². The maximum absolute atomic E-state index is 11.6. The van der Waals surface area contributed by atoms with Crippen LogP contribution >= 0.6 is 0 Å². The van der Waals surface area contributed by atoms with Crippen LogP contribution in [0.2, 0.25) is 0 Å². The zero-order valence-electron chi connectivity index (χ0n) is 12.1. The Morgan fingerprint density at radius 3 is 2.63 bits per heavy atom. The molecule has 0 saturated heterocycles. The van der Waals surface area contributed by atoms with E-state index in [4.69, 9.17) is 10.5 Å². The second kappa shape index (κ2) is 5.23. The molecule has 0 radical (unpaired) electrons. The summed E-state index contributed by atoms with van der Waals surface area (Å²) in [6.45, 7) is 6.47. The molecular formula is C14H23N3O2. The van der Waals surface area contributed by atoms with E-state index in [-0.39, 0.29) is 5.69 Å². The first-order chi connectivity index (χ1) is 8.95. The molecule has 106 valence electrons. The van der Waals surface area contributed by atoms with E-state index in [1.807, 2.05) is 11.5 Å². The highest BCUT2D eigenvalue weighted by molar-refractivity contribution is 5.92. The Labute approximate surface area is 114 Å². The van der Waals surface area contributed by atoms with Gasteiger partial charge in [-0.3, -0.25) is 0 Å². The molecule has 1 heterocycles. The number of hydrogen-bond donors (Lipinski definition) is 1. The number of hydrogen-bond acceptors (Lipinski definition) is 4. The van der Waals surface area contributed by atoms with Crippen LogP contribution in [0.4, 0.5) is 5.82 Å². The number of nitrogen functional groups attached to an aromatic ring is 1. The minimum atomic E-state index is -0.462. The van der Waals surface area contributed by atoms with Crippen molar-refractivity contribution in [1.29, 1.82) is 0 Å². The lowest BCUT2D eigenvalue weighted by molar-refractivity contribution is 0.0595. The number of nitrogens with zero attached hydrogens (tertiary/aromatic N) is 2. The number of esters is 1. The molecule has 2 N–H and O–H groups in total. The molecule has 5 nitrogen and oxygen atoms in total. The summed E-state index contributed by atoms with van der Waals surface area (Å²) in [6.07, 6.45) is 3.37. The highest BCUT2D eigenvalue weighted by Crippen LogP contribution is 2.38. The molecule has 0 amide bonds. The highest BCUT2D eigenvalue weighted by Gasteiger charge is 2.29. The third-order valence-corrected chi connectivity index (χ3v) is 4.44. The SMILES string of the molecule is COC(=O)c1nc(C)n(C2CCC(C)C(C)C2)c1N. The van der Waals surface area contributed by atoms with Gasteiger partial charge in [0.1, 0.15) is 11.6 Å². The molecule has 0 bridgehead atoms. The van der Waals surface area contributed by atoms with Gasteiger partial charge in [-0.1, -0.05) is 13.8 Å². The predicted octanol–water partition coefficient (Wildman–Crippen LogP) is 2.56. The van der Waals surface area contributed by atoms with Crippen molar-refractivity contribution in [3.8, 4) is 0 Å². The Hall–Kier alpha value is -1.52. The Balaban J connectivity index is 2.30. The van der Waals surface area contributed by atoms with Gasteiger partial charge in [0.25, 0.3) is 0 Å². The average Bonchev–Trinajstić information content (AvgIpc) is 2.68.